The zero-order valence-electron chi connectivity index (χ0n) is 21.8. The largest absolute Gasteiger partial charge is 0.506 e. The highest BCUT2D eigenvalue weighted by Crippen LogP contribution is 2.42. The van der Waals surface area contributed by atoms with Crippen LogP contribution in [0.25, 0.3) is 0 Å². The molecule has 3 aliphatic rings. The molecule has 2 aromatic carbocycles. The topological polar surface area (TPSA) is 85.7 Å². The third-order valence-electron chi connectivity index (χ3n) is 7.99. The number of hydrogen-bond acceptors (Lipinski definition) is 7. The van der Waals surface area contributed by atoms with Crippen molar-refractivity contribution in [2.45, 2.75) is 43.4 Å². The van der Waals surface area contributed by atoms with Crippen LogP contribution in [0.5, 0.6) is 17.2 Å². The first-order valence-corrected chi connectivity index (χ1v) is 13.9. The number of carbonyl (C=O) groups excluding carboxylic acids is 1. The number of halogens is 2. The van der Waals surface area contributed by atoms with E-state index in [2.05, 4.69) is 9.80 Å². The van der Waals surface area contributed by atoms with Gasteiger partial charge in [0.05, 0.1) is 10.6 Å². The van der Waals surface area contributed by atoms with Crippen molar-refractivity contribution in [3.05, 3.63) is 51.5 Å². The maximum Gasteiger partial charge on any atom is 0.257 e. The van der Waals surface area contributed by atoms with E-state index < -0.39 is 6.10 Å². The number of aromatic hydroxyl groups is 1. The van der Waals surface area contributed by atoms with Crippen LogP contribution in [0.15, 0.2) is 30.3 Å². The van der Waals surface area contributed by atoms with Crippen LogP contribution in [0.3, 0.4) is 0 Å². The van der Waals surface area contributed by atoms with Gasteiger partial charge in [0.2, 0.25) is 0 Å². The molecule has 1 spiro atoms. The number of carbonyl (C=O) groups is 1. The molecule has 38 heavy (non-hydrogen) atoms. The predicted octanol–water partition coefficient (Wildman–Crippen LogP) is 3.68. The Morgan fingerprint density at radius 3 is 2.68 bits per heavy atom. The standard InChI is InChI=1S/C28H35Cl2N3O5/c1-31(2)20-5-8-33(15-20)27(36)22-12-23(30)24(35)13-26(22)37-17-21(34)16-32-9-6-28(7-10-32)14-18-11-19(29)3-4-25(18)38-28/h3-4,11-13,20-21,34-35H,5-10,14-17H2,1-2H3/t20-,21-/m1/s1. The average Bonchev–Trinajstić information content (AvgIpc) is 3.51. The second-order valence-corrected chi connectivity index (χ2v) is 11.8. The van der Waals surface area contributed by atoms with E-state index in [1.54, 1.807) is 4.90 Å². The van der Waals surface area contributed by atoms with Gasteiger partial charge in [0, 0.05) is 69.1 Å². The van der Waals surface area contributed by atoms with E-state index in [1.165, 1.54) is 12.1 Å². The first-order valence-electron chi connectivity index (χ1n) is 13.1. The lowest BCUT2D eigenvalue weighted by Crippen LogP contribution is -2.49. The second-order valence-electron chi connectivity index (χ2n) is 10.9. The minimum Gasteiger partial charge on any atom is -0.506 e. The quantitative estimate of drug-likeness (QED) is 0.531. The van der Waals surface area contributed by atoms with Crippen molar-refractivity contribution in [1.82, 2.24) is 14.7 Å². The Morgan fingerprint density at radius 1 is 1.21 bits per heavy atom. The number of piperidine rings is 1. The van der Waals surface area contributed by atoms with Crippen LogP contribution in [0, 0.1) is 0 Å². The number of β-amino-alcohol motifs (C(OH)–C–C–N with tert-alkyl or cyclic N) is 1. The Balaban J connectivity index is 1.16. The normalized spacial score (nSPS) is 21.5. The molecule has 0 aromatic heterocycles. The average molecular weight is 565 g/mol. The Bertz CT molecular complexity index is 1190. The van der Waals surface area contributed by atoms with E-state index in [4.69, 9.17) is 32.7 Å². The molecule has 0 unspecified atom stereocenters. The van der Waals surface area contributed by atoms with Crippen molar-refractivity contribution in [1.29, 1.82) is 0 Å². The van der Waals surface area contributed by atoms with Gasteiger partial charge in [0.1, 0.15) is 35.6 Å². The molecule has 0 saturated carbocycles. The molecule has 2 fully saturated rings. The van der Waals surface area contributed by atoms with Gasteiger partial charge in [-0.3, -0.25) is 4.79 Å². The monoisotopic (exact) mass is 563 g/mol. The number of fused-ring (bicyclic) bond motifs is 1. The van der Waals surface area contributed by atoms with E-state index in [0.717, 1.165) is 55.1 Å². The van der Waals surface area contributed by atoms with E-state index in [0.29, 0.717) is 25.7 Å². The molecular formula is C28H35Cl2N3O5. The van der Waals surface area contributed by atoms with Gasteiger partial charge in [-0.2, -0.15) is 0 Å². The number of aliphatic hydroxyl groups excluding tert-OH is 1. The fourth-order valence-corrected chi connectivity index (χ4v) is 6.07. The summed E-state index contributed by atoms with van der Waals surface area (Å²) in [6.45, 7) is 3.28. The van der Waals surface area contributed by atoms with Crippen molar-refractivity contribution < 1.29 is 24.5 Å². The van der Waals surface area contributed by atoms with Gasteiger partial charge < -0.3 is 34.4 Å². The van der Waals surface area contributed by atoms with Crippen LogP contribution in [-0.2, 0) is 6.42 Å². The number of ether oxygens (including phenoxy) is 2. The number of phenolic OH excluding ortho intramolecular Hbond substituents is 1. The van der Waals surface area contributed by atoms with Gasteiger partial charge in [-0.15, -0.1) is 0 Å². The van der Waals surface area contributed by atoms with Crippen molar-refractivity contribution in [3.63, 3.8) is 0 Å². The molecule has 5 rings (SSSR count). The van der Waals surface area contributed by atoms with E-state index in [-0.39, 0.29) is 40.2 Å². The summed E-state index contributed by atoms with van der Waals surface area (Å²) < 4.78 is 12.2. The lowest BCUT2D eigenvalue weighted by Gasteiger charge is -2.39. The van der Waals surface area contributed by atoms with Gasteiger partial charge in [0.25, 0.3) is 5.91 Å². The molecule has 2 aromatic rings. The van der Waals surface area contributed by atoms with E-state index in [9.17, 15) is 15.0 Å². The number of phenols is 1. The minimum absolute atomic E-state index is 0.0102. The molecule has 10 heteroatoms. The molecule has 1 amide bonds. The Labute approximate surface area is 233 Å². The molecule has 2 atom stereocenters. The van der Waals surface area contributed by atoms with Crippen LogP contribution in [0.2, 0.25) is 10.0 Å². The summed E-state index contributed by atoms with van der Waals surface area (Å²) in [6, 6.07) is 8.88. The van der Waals surface area contributed by atoms with Crippen molar-refractivity contribution in [2.24, 2.45) is 0 Å². The van der Waals surface area contributed by atoms with Gasteiger partial charge in [-0.05, 0) is 50.3 Å². The zero-order valence-corrected chi connectivity index (χ0v) is 23.3. The summed E-state index contributed by atoms with van der Waals surface area (Å²) in [4.78, 5) is 19.4. The fraction of sp³-hybridized carbons (Fsp3) is 0.536. The molecule has 2 saturated heterocycles. The minimum atomic E-state index is -0.768. The van der Waals surface area contributed by atoms with E-state index >= 15 is 0 Å². The molecular weight excluding hydrogens is 529 g/mol. The van der Waals surface area contributed by atoms with Crippen LogP contribution in [-0.4, -0.2) is 102 Å². The summed E-state index contributed by atoms with van der Waals surface area (Å²) >= 11 is 12.3. The summed E-state index contributed by atoms with van der Waals surface area (Å²) in [5.74, 6) is 0.776. The molecule has 3 heterocycles. The number of rotatable bonds is 7. The Kier molecular flexibility index (Phi) is 7.99. The summed E-state index contributed by atoms with van der Waals surface area (Å²) in [5.41, 5.74) is 1.24. The number of likely N-dealkylation sites (N-methyl/N-ethyl adjacent to an activating group) is 1. The zero-order chi connectivity index (χ0) is 27.0. The maximum absolute atomic E-state index is 13.3. The number of nitrogens with zero attached hydrogens (tertiary/aromatic N) is 3. The SMILES string of the molecule is CN(C)[C@@H]1CCN(C(=O)c2cc(Cl)c(O)cc2OC[C@H](O)CN2CCC3(CC2)Cc2cc(Cl)ccc2O3)C1. The van der Waals surface area contributed by atoms with Crippen LogP contribution >= 0.6 is 23.2 Å². The number of aliphatic hydroxyl groups is 1. The van der Waals surface area contributed by atoms with Crippen molar-refractivity contribution in [2.75, 3.05) is 53.4 Å². The lowest BCUT2D eigenvalue weighted by atomic mass is 9.87. The second kappa shape index (κ2) is 11.1. The van der Waals surface area contributed by atoms with Gasteiger partial charge in [-0.25, -0.2) is 0 Å². The summed E-state index contributed by atoms with van der Waals surface area (Å²) in [6.07, 6.45) is 2.70. The molecule has 0 radical (unpaired) electrons. The molecule has 206 valence electrons. The van der Waals surface area contributed by atoms with Crippen molar-refractivity contribution in [3.8, 4) is 17.2 Å². The van der Waals surface area contributed by atoms with Crippen LogP contribution < -0.4 is 9.47 Å². The number of benzene rings is 2. The van der Waals surface area contributed by atoms with Crippen molar-refractivity contribution >= 4 is 29.1 Å². The van der Waals surface area contributed by atoms with Crippen LogP contribution in [0.1, 0.15) is 35.2 Å². The van der Waals surface area contributed by atoms with Gasteiger partial charge in [-0.1, -0.05) is 23.2 Å². The fourth-order valence-electron chi connectivity index (χ4n) is 5.71. The summed E-state index contributed by atoms with van der Waals surface area (Å²) in [5, 5.41) is 21.7. The summed E-state index contributed by atoms with van der Waals surface area (Å²) in [7, 11) is 4.01. The highest BCUT2D eigenvalue weighted by molar-refractivity contribution is 6.32. The predicted molar refractivity (Wildman–Crippen MR) is 147 cm³/mol. The molecule has 0 bridgehead atoms. The number of amides is 1. The number of hydrogen-bond donors (Lipinski definition) is 2. The number of likely N-dealkylation sites (tertiary alicyclic amines) is 2. The third kappa shape index (κ3) is 5.84. The maximum atomic E-state index is 13.3. The first-order chi connectivity index (χ1) is 18.1. The highest BCUT2D eigenvalue weighted by atomic mass is 35.5. The van der Waals surface area contributed by atoms with Gasteiger partial charge >= 0.3 is 0 Å². The molecule has 2 N–H and O–H groups in total. The third-order valence-corrected chi connectivity index (χ3v) is 8.53. The Morgan fingerprint density at radius 2 is 1.97 bits per heavy atom. The van der Waals surface area contributed by atoms with E-state index in [1.807, 2.05) is 32.3 Å². The smallest absolute Gasteiger partial charge is 0.257 e. The molecule has 0 aliphatic carbocycles. The first kappa shape index (κ1) is 27.3. The lowest BCUT2D eigenvalue weighted by molar-refractivity contribution is -0.00202. The molecule has 3 aliphatic heterocycles. The van der Waals surface area contributed by atoms with Crippen LogP contribution in [0.4, 0.5) is 0 Å². The highest BCUT2D eigenvalue weighted by Gasteiger charge is 2.42. The molecule has 8 nitrogen and oxygen atoms in total. The Hall–Kier alpha value is -2.23. The van der Waals surface area contributed by atoms with Gasteiger partial charge in [0.15, 0.2) is 0 Å².